The molecule has 0 radical (unpaired) electrons. The first kappa shape index (κ1) is 13.3. The second-order valence-electron chi connectivity index (χ2n) is 3.55. The Bertz CT molecular complexity index is 355. The Morgan fingerprint density at radius 2 is 2.29 bits per heavy atom. The highest BCUT2D eigenvalue weighted by molar-refractivity contribution is 5.66. The standard InChI is InChI=1S/C12H19N3O2/c1-3-13-11-6-4-7-14-12(11)15-8-5-9-17-10(2)16/h4,6-7,13H,3,5,8-9H2,1-2H3,(H,14,15). The number of nitrogens with one attached hydrogen (secondary N) is 2. The van der Waals surface area contributed by atoms with Gasteiger partial charge in [-0.1, -0.05) is 0 Å². The summed E-state index contributed by atoms with van der Waals surface area (Å²) >= 11 is 0. The second kappa shape index (κ2) is 7.49. The average molecular weight is 237 g/mol. The minimum Gasteiger partial charge on any atom is -0.466 e. The molecule has 0 aliphatic heterocycles. The van der Waals surface area contributed by atoms with Crippen LogP contribution >= 0.6 is 0 Å². The predicted octanol–water partition coefficient (Wildman–Crippen LogP) is 1.88. The van der Waals surface area contributed by atoms with Crippen molar-refractivity contribution in [3.63, 3.8) is 0 Å². The maximum atomic E-state index is 10.6. The van der Waals surface area contributed by atoms with Gasteiger partial charge in [-0.15, -0.1) is 0 Å². The highest BCUT2D eigenvalue weighted by Gasteiger charge is 2.00. The molecule has 5 heteroatoms. The highest BCUT2D eigenvalue weighted by atomic mass is 16.5. The molecule has 0 fully saturated rings. The van der Waals surface area contributed by atoms with E-state index in [0.29, 0.717) is 6.61 Å². The summed E-state index contributed by atoms with van der Waals surface area (Å²) < 4.78 is 4.84. The van der Waals surface area contributed by atoms with E-state index in [-0.39, 0.29) is 5.97 Å². The van der Waals surface area contributed by atoms with E-state index < -0.39 is 0 Å². The number of rotatable bonds is 7. The quantitative estimate of drug-likeness (QED) is 0.560. The number of esters is 1. The number of ether oxygens (including phenoxy) is 1. The molecule has 17 heavy (non-hydrogen) atoms. The summed E-state index contributed by atoms with van der Waals surface area (Å²) in [5, 5.41) is 6.43. The number of nitrogens with zero attached hydrogens (tertiary/aromatic N) is 1. The summed E-state index contributed by atoms with van der Waals surface area (Å²) in [6, 6.07) is 3.87. The monoisotopic (exact) mass is 237 g/mol. The van der Waals surface area contributed by atoms with Gasteiger partial charge in [0.05, 0.1) is 12.3 Å². The normalized spacial score (nSPS) is 9.76. The Labute approximate surface area is 102 Å². The maximum Gasteiger partial charge on any atom is 0.302 e. The molecule has 0 amide bonds. The first-order valence-electron chi connectivity index (χ1n) is 5.80. The molecule has 1 aromatic heterocycles. The first-order chi connectivity index (χ1) is 8.24. The molecule has 0 saturated carbocycles. The SMILES string of the molecule is CCNc1cccnc1NCCCOC(C)=O. The molecule has 0 bridgehead atoms. The van der Waals surface area contributed by atoms with Crippen LogP contribution in [0.2, 0.25) is 0 Å². The summed E-state index contributed by atoms with van der Waals surface area (Å²) in [5.74, 6) is 0.591. The van der Waals surface area contributed by atoms with Gasteiger partial charge in [0, 0.05) is 26.2 Å². The number of carbonyl (C=O) groups excluding carboxylic acids is 1. The number of anilines is 2. The van der Waals surface area contributed by atoms with E-state index in [9.17, 15) is 4.79 Å². The summed E-state index contributed by atoms with van der Waals surface area (Å²) in [6.45, 7) is 5.47. The van der Waals surface area contributed by atoms with E-state index in [1.807, 2.05) is 19.1 Å². The number of carbonyl (C=O) groups is 1. The molecule has 0 aromatic carbocycles. The van der Waals surface area contributed by atoms with Crippen molar-refractivity contribution in [3.05, 3.63) is 18.3 Å². The molecule has 1 rings (SSSR count). The van der Waals surface area contributed by atoms with Crippen molar-refractivity contribution in [1.82, 2.24) is 4.98 Å². The van der Waals surface area contributed by atoms with Gasteiger partial charge in [-0.3, -0.25) is 4.79 Å². The lowest BCUT2D eigenvalue weighted by atomic mass is 10.3. The van der Waals surface area contributed by atoms with Gasteiger partial charge in [0.15, 0.2) is 0 Å². The number of pyridine rings is 1. The number of hydrogen-bond acceptors (Lipinski definition) is 5. The van der Waals surface area contributed by atoms with Crippen LogP contribution in [0.4, 0.5) is 11.5 Å². The average Bonchev–Trinajstić information content (AvgIpc) is 2.31. The summed E-state index contributed by atoms with van der Waals surface area (Å²) in [7, 11) is 0. The molecule has 0 aliphatic carbocycles. The third kappa shape index (κ3) is 5.19. The van der Waals surface area contributed by atoms with E-state index in [1.165, 1.54) is 6.92 Å². The van der Waals surface area contributed by atoms with Crippen LogP contribution in [-0.4, -0.2) is 30.6 Å². The molecule has 0 spiro atoms. The Kier molecular flexibility index (Phi) is 5.85. The first-order valence-corrected chi connectivity index (χ1v) is 5.80. The van der Waals surface area contributed by atoms with Gasteiger partial charge in [0.2, 0.25) is 0 Å². The van der Waals surface area contributed by atoms with Crippen LogP contribution in [0.15, 0.2) is 18.3 Å². The second-order valence-corrected chi connectivity index (χ2v) is 3.55. The van der Waals surface area contributed by atoms with Crippen molar-refractivity contribution in [2.45, 2.75) is 20.3 Å². The lowest BCUT2D eigenvalue weighted by molar-refractivity contribution is -0.140. The summed E-state index contributed by atoms with van der Waals surface area (Å²) in [6.07, 6.45) is 2.51. The number of hydrogen-bond donors (Lipinski definition) is 2. The van der Waals surface area contributed by atoms with Crippen LogP contribution in [0.1, 0.15) is 20.3 Å². The van der Waals surface area contributed by atoms with Gasteiger partial charge in [0.1, 0.15) is 5.82 Å². The van der Waals surface area contributed by atoms with Crippen LogP contribution in [0.25, 0.3) is 0 Å². The van der Waals surface area contributed by atoms with E-state index in [4.69, 9.17) is 4.74 Å². The van der Waals surface area contributed by atoms with Crippen molar-refractivity contribution in [3.8, 4) is 0 Å². The van der Waals surface area contributed by atoms with Crippen molar-refractivity contribution in [1.29, 1.82) is 0 Å². The largest absolute Gasteiger partial charge is 0.466 e. The molecule has 0 unspecified atom stereocenters. The van der Waals surface area contributed by atoms with Crippen LogP contribution in [0.3, 0.4) is 0 Å². The maximum absolute atomic E-state index is 10.6. The van der Waals surface area contributed by atoms with Crippen LogP contribution in [0.5, 0.6) is 0 Å². The molecule has 0 saturated heterocycles. The van der Waals surface area contributed by atoms with E-state index in [2.05, 4.69) is 15.6 Å². The lowest BCUT2D eigenvalue weighted by Gasteiger charge is -2.11. The molecule has 0 aliphatic rings. The third-order valence-corrected chi connectivity index (χ3v) is 2.09. The van der Waals surface area contributed by atoms with Crippen molar-refractivity contribution in [2.75, 3.05) is 30.3 Å². The van der Waals surface area contributed by atoms with E-state index in [0.717, 1.165) is 31.0 Å². The predicted molar refractivity (Wildman–Crippen MR) is 68.1 cm³/mol. The lowest BCUT2D eigenvalue weighted by Crippen LogP contribution is -2.10. The summed E-state index contributed by atoms with van der Waals surface area (Å²) in [5.41, 5.74) is 0.988. The van der Waals surface area contributed by atoms with Crippen LogP contribution in [-0.2, 0) is 9.53 Å². The molecule has 1 heterocycles. The van der Waals surface area contributed by atoms with Gasteiger partial charge in [-0.05, 0) is 25.5 Å². The molecule has 1 aromatic rings. The minimum absolute atomic E-state index is 0.240. The zero-order valence-electron chi connectivity index (χ0n) is 10.3. The molecule has 2 N–H and O–H groups in total. The van der Waals surface area contributed by atoms with E-state index in [1.54, 1.807) is 6.20 Å². The molecule has 0 atom stereocenters. The van der Waals surface area contributed by atoms with Gasteiger partial charge in [-0.25, -0.2) is 4.98 Å². The van der Waals surface area contributed by atoms with Gasteiger partial charge in [-0.2, -0.15) is 0 Å². The molecular weight excluding hydrogens is 218 g/mol. The summed E-state index contributed by atoms with van der Waals surface area (Å²) in [4.78, 5) is 14.8. The van der Waals surface area contributed by atoms with E-state index >= 15 is 0 Å². The zero-order chi connectivity index (χ0) is 12.5. The Balaban J connectivity index is 2.33. The van der Waals surface area contributed by atoms with Crippen molar-refractivity contribution < 1.29 is 9.53 Å². The highest BCUT2D eigenvalue weighted by Crippen LogP contribution is 2.16. The fourth-order valence-electron chi connectivity index (χ4n) is 1.37. The number of aromatic nitrogens is 1. The Morgan fingerprint density at radius 1 is 1.47 bits per heavy atom. The molecule has 94 valence electrons. The van der Waals surface area contributed by atoms with Crippen molar-refractivity contribution in [2.24, 2.45) is 0 Å². The van der Waals surface area contributed by atoms with Crippen molar-refractivity contribution >= 4 is 17.5 Å². The minimum atomic E-state index is -0.240. The Morgan fingerprint density at radius 3 is 3.00 bits per heavy atom. The topological polar surface area (TPSA) is 63.3 Å². The fraction of sp³-hybridized carbons (Fsp3) is 0.500. The van der Waals surface area contributed by atoms with Gasteiger partial charge >= 0.3 is 5.97 Å². The smallest absolute Gasteiger partial charge is 0.302 e. The van der Waals surface area contributed by atoms with Crippen LogP contribution in [0, 0.1) is 0 Å². The van der Waals surface area contributed by atoms with Crippen LogP contribution < -0.4 is 10.6 Å². The fourth-order valence-corrected chi connectivity index (χ4v) is 1.37. The Hall–Kier alpha value is -1.78. The zero-order valence-corrected chi connectivity index (χ0v) is 10.3. The van der Waals surface area contributed by atoms with Gasteiger partial charge in [0.25, 0.3) is 0 Å². The molecular formula is C12H19N3O2. The van der Waals surface area contributed by atoms with Gasteiger partial charge < -0.3 is 15.4 Å². The third-order valence-electron chi connectivity index (χ3n) is 2.09. The molecule has 5 nitrogen and oxygen atoms in total.